The number of imide groups is 1. The van der Waals surface area contributed by atoms with E-state index in [2.05, 4.69) is 14.9 Å². The summed E-state index contributed by atoms with van der Waals surface area (Å²) in [6.07, 6.45) is 0. The molecule has 1 N–H and O–H groups in total. The molecule has 29 heavy (non-hydrogen) atoms. The Kier molecular flexibility index (Phi) is 4.52. The number of urea groups is 1. The maximum absolute atomic E-state index is 12.8. The lowest BCUT2D eigenvalue weighted by molar-refractivity contribution is -0.686. The SMILES string of the molecule is COc1cccc(NCC[n+]2c(C)c(C)n3c2N=C2C3C(=O)N(C)C(=O)N2C)c1. The third-order valence-electron chi connectivity index (χ3n) is 5.68. The van der Waals surface area contributed by atoms with Gasteiger partial charge < -0.3 is 10.1 Å². The van der Waals surface area contributed by atoms with Crippen LogP contribution in [0.25, 0.3) is 0 Å². The lowest BCUT2D eigenvalue weighted by atomic mass is 10.1. The van der Waals surface area contributed by atoms with Crippen molar-refractivity contribution >= 4 is 29.4 Å². The standard InChI is InChI=1S/C20H25N6O3/c1-12-13(2)26-16-17(23(3)20(28)24(4)18(16)27)22-19(26)25(12)10-9-21-14-7-6-8-15(11-14)29-5/h6-8,11,16,21H,9-10H2,1-5H3/q+1. The molecule has 9 heteroatoms. The molecule has 1 aromatic heterocycles. The summed E-state index contributed by atoms with van der Waals surface area (Å²) in [6.45, 7) is 5.34. The van der Waals surface area contributed by atoms with E-state index in [1.165, 1.54) is 11.9 Å². The van der Waals surface area contributed by atoms with E-state index >= 15 is 0 Å². The second kappa shape index (κ2) is 6.91. The number of carbonyl (C=O) groups is 2. The van der Waals surface area contributed by atoms with Crippen LogP contribution in [0.4, 0.5) is 16.4 Å². The number of hydrogen-bond acceptors (Lipinski definition) is 5. The van der Waals surface area contributed by atoms with Gasteiger partial charge in [0, 0.05) is 32.4 Å². The summed E-state index contributed by atoms with van der Waals surface area (Å²) < 4.78 is 9.27. The van der Waals surface area contributed by atoms with Gasteiger partial charge in [-0.2, -0.15) is 0 Å². The Bertz CT molecular complexity index is 1040. The fourth-order valence-corrected chi connectivity index (χ4v) is 3.89. The predicted molar refractivity (Wildman–Crippen MR) is 108 cm³/mol. The minimum absolute atomic E-state index is 0.259. The number of benzene rings is 1. The highest BCUT2D eigenvalue weighted by Gasteiger charge is 2.53. The first-order chi connectivity index (χ1) is 13.8. The van der Waals surface area contributed by atoms with E-state index in [1.807, 2.05) is 42.7 Å². The molecule has 0 radical (unpaired) electrons. The number of fused-ring (bicyclic) bond motifs is 3. The van der Waals surface area contributed by atoms with Crippen LogP contribution in [-0.2, 0) is 11.3 Å². The van der Waals surface area contributed by atoms with E-state index in [-0.39, 0.29) is 11.9 Å². The zero-order valence-corrected chi connectivity index (χ0v) is 17.3. The fourth-order valence-electron chi connectivity index (χ4n) is 3.89. The molecule has 0 spiro atoms. The van der Waals surface area contributed by atoms with Crippen molar-refractivity contribution in [3.05, 3.63) is 35.7 Å². The number of methoxy groups -OCH3 is 1. The van der Waals surface area contributed by atoms with Crippen molar-refractivity contribution in [1.29, 1.82) is 0 Å². The molecule has 9 nitrogen and oxygen atoms in total. The Balaban J connectivity index is 1.61. The average Bonchev–Trinajstić information content (AvgIpc) is 3.22. The molecular weight excluding hydrogens is 372 g/mol. The number of nitrogens with one attached hydrogen (secondary N) is 1. The van der Waals surface area contributed by atoms with Crippen LogP contribution in [0.1, 0.15) is 17.4 Å². The molecule has 1 aromatic carbocycles. The van der Waals surface area contributed by atoms with E-state index < -0.39 is 6.04 Å². The average molecular weight is 397 g/mol. The van der Waals surface area contributed by atoms with Crippen molar-refractivity contribution in [2.45, 2.75) is 26.4 Å². The van der Waals surface area contributed by atoms with Crippen LogP contribution in [-0.4, -0.2) is 59.9 Å². The van der Waals surface area contributed by atoms with Crippen LogP contribution in [0, 0.1) is 13.8 Å². The summed E-state index contributed by atoms with van der Waals surface area (Å²) in [5, 5.41) is 3.39. The molecule has 2 aliphatic rings. The zero-order chi connectivity index (χ0) is 20.9. The highest BCUT2D eigenvalue weighted by molar-refractivity contribution is 6.20. The molecule has 0 saturated carbocycles. The molecule has 1 saturated heterocycles. The summed E-state index contributed by atoms with van der Waals surface area (Å²) in [7, 11) is 4.80. The second-order valence-electron chi connectivity index (χ2n) is 7.26. The Morgan fingerprint density at radius 3 is 2.69 bits per heavy atom. The van der Waals surface area contributed by atoms with Crippen molar-refractivity contribution < 1.29 is 18.9 Å². The van der Waals surface area contributed by atoms with Crippen LogP contribution in [0.3, 0.4) is 0 Å². The molecule has 3 amide bonds. The second-order valence-corrected chi connectivity index (χ2v) is 7.26. The number of carbonyl (C=O) groups excluding carboxylic acids is 2. The molecule has 1 atom stereocenters. The molecule has 4 rings (SSSR count). The number of likely N-dealkylation sites (N-methyl/N-ethyl adjacent to an activating group) is 2. The first kappa shape index (κ1) is 19.0. The van der Waals surface area contributed by atoms with Gasteiger partial charge in [-0.3, -0.25) is 14.6 Å². The zero-order valence-electron chi connectivity index (χ0n) is 17.3. The summed E-state index contributed by atoms with van der Waals surface area (Å²) in [4.78, 5) is 32.4. The van der Waals surface area contributed by atoms with Crippen molar-refractivity contribution in [3.8, 4) is 5.75 Å². The molecule has 2 aliphatic heterocycles. The number of rotatable bonds is 5. The normalized spacial score (nSPS) is 18.0. The minimum Gasteiger partial charge on any atom is -0.497 e. The van der Waals surface area contributed by atoms with Crippen molar-refractivity contribution in [2.75, 3.05) is 33.1 Å². The number of imidazole rings is 1. The molecule has 2 aromatic rings. The van der Waals surface area contributed by atoms with E-state index in [0.29, 0.717) is 24.9 Å². The first-order valence-corrected chi connectivity index (χ1v) is 9.48. The number of hydrogen-bond donors (Lipinski definition) is 1. The van der Waals surface area contributed by atoms with Gasteiger partial charge >= 0.3 is 12.0 Å². The Morgan fingerprint density at radius 2 is 1.97 bits per heavy atom. The van der Waals surface area contributed by atoms with Crippen LogP contribution in [0.2, 0.25) is 0 Å². The van der Waals surface area contributed by atoms with Gasteiger partial charge in [-0.15, -0.1) is 0 Å². The maximum Gasteiger partial charge on any atom is 0.402 e. The van der Waals surface area contributed by atoms with Crippen molar-refractivity contribution in [1.82, 2.24) is 14.4 Å². The monoisotopic (exact) mass is 397 g/mol. The molecule has 152 valence electrons. The van der Waals surface area contributed by atoms with Crippen molar-refractivity contribution in [3.63, 3.8) is 0 Å². The van der Waals surface area contributed by atoms with Gasteiger partial charge in [0.25, 0.3) is 5.91 Å². The van der Waals surface area contributed by atoms with Gasteiger partial charge in [0.15, 0.2) is 0 Å². The summed E-state index contributed by atoms with van der Waals surface area (Å²) in [5.41, 5.74) is 2.98. The number of anilines is 1. The maximum atomic E-state index is 12.8. The number of ether oxygens (including phenoxy) is 1. The van der Waals surface area contributed by atoms with Crippen molar-refractivity contribution in [2.24, 2.45) is 4.99 Å². The number of amidine groups is 1. The Labute approximate surface area is 169 Å². The summed E-state index contributed by atoms with van der Waals surface area (Å²) in [6, 6.07) is 6.81. The van der Waals surface area contributed by atoms with Gasteiger partial charge in [0.1, 0.15) is 17.1 Å². The predicted octanol–water partition coefficient (Wildman–Crippen LogP) is 1.62. The van der Waals surface area contributed by atoms with E-state index in [4.69, 9.17) is 4.74 Å². The van der Waals surface area contributed by atoms with E-state index in [1.54, 1.807) is 14.2 Å². The fraction of sp³-hybridized carbons (Fsp3) is 0.400. The quantitative estimate of drug-likeness (QED) is 0.778. The highest BCUT2D eigenvalue weighted by Crippen LogP contribution is 2.34. The largest absolute Gasteiger partial charge is 0.497 e. The molecule has 1 fully saturated rings. The number of nitrogens with zero attached hydrogens (tertiary/aromatic N) is 5. The molecule has 0 bridgehead atoms. The van der Waals surface area contributed by atoms with Crippen LogP contribution in [0.5, 0.6) is 5.75 Å². The third kappa shape index (κ3) is 2.84. The summed E-state index contributed by atoms with van der Waals surface area (Å²) >= 11 is 0. The van der Waals surface area contributed by atoms with Crippen LogP contribution in [0.15, 0.2) is 29.3 Å². The first-order valence-electron chi connectivity index (χ1n) is 9.48. The van der Waals surface area contributed by atoms with Gasteiger partial charge in [-0.1, -0.05) is 11.1 Å². The number of amides is 3. The minimum atomic E-state index is -0.594. The lowest BCUT2D eigenvalue weighted by Crippen LogP contribution is -2.56. The third-order valence-corrected chi connectivity index (χ3v) is 5.68. The van der Waals surface area contributed by atoms with E-state index in [9.17, 15) is 9.59 Å². The topological polar surface area (TPSA) is 83.0 Å². The van der Waals surface area contributed by atoms with Crippen LogP contribution < -0.4 is 14.6 Å². The molecule has 1 unspecified atom stereocenters. The smallest absolute Gasteiger partial charge is 0.402 e. The highest BCUT2D eigenvalue weighted by atomic mass is 16.5. The van der Waals surface area contributed by atoms with Gasteiger partial charge in [0.2, 0.25) is 11.9 Å². The van der Waals surface area contributed by atoms with Gasteiger partial charge in [0.05, 0.1) is 13.7 Å². The Hall–Kier alpha value is -3.36. The van der Waals surface area contributed by atoms with Crippen LogP contribution >= 0.6 is 0 Å². The summed E-state index contributed by atoms with van der Waals surface area (Å²) in [5.74, 6) is 1.71. The van der Waals surface area contributed by atoms with Gasteiger partial charge in [-0.05, 0) is 26.0 Å². The lowest BCUT2D eigenvalue weighted by Gasteiger charge is -2.30. The number of aromatic nitrogens is 2. The molecule has 0 aliphatic carbocycles. The van der Waals surface area contributed by atoms with E-state index in [0.717, 1.165) is 27.7 Å². The molecular formula is C20H25N6O3+. The molecule has 3 heterocycles. The Morgan fingerprint density at radius 1 is 1.21 bits per heavy atom. The van der Waals surface area contributed by atoms with Gasteiger partial charge in [-0.25, -0.2) is 13.9 Å². The number of aliphatic imine (C=N–C) groups is 1.